The Morgan fingerprint density at radius 3 is 1.94 bits per heavy atom. The summed E-state index contributed by atoms with van der Waals surface area (Å²) in [5.41, 5.74) is 3.34. The average molecular weight is 635 g/mol. The number of carbonyl (C=O) groups is 5. The fraction of sp³-hybridized carbons (Fsp3) is 0.306. The van der Waals surface area contributed by atoms with E-state index in [0.29, 0.717) is 0 Å². The molecule has 5 atom stereocenters. The first-order valence-electron chi connectivity index (χ1n) is 15.9. The zero-order chi connectivity index (χ0) is 32.9. The molecule has 11 heteroatoms. The van der Waals surface area contributed by atoms with Crippen molar-refractivity contribution in [3.63, 3.8) is 0 Å². The summed E-state index contributed by atoms with van der Waals surface area (Å²) in [5.74, 6) is -2.25. The summed E-state index contributed by atoms with van der Waals surface area (Å²) >= 11 is 0. The van der Waals surface area contributed by atoms with Crippen LogP contribution in [-0.2, 0) is 43.2 Å². The van der Waals surface area contributed by atoms with Gasteiger partial charge in [-0.3, -0.25) is 24.0 Å². The largest absolute Gasteiger partial charge is 0.361 e. The molecule has 0 aliphatic carbocycles. The lowest BCUT2D eigenvalue weighted by Crippen LogP contribution is -2.62. The summed E-state index contributed by atoms with van der Waals surface area (Å²) in [7, 11) is 0. The molecule has 1 aromatic heterocycles. The van der Waals surface area contributed by atoms with Crippen LogP contribution in [0.4, 0.5) is 0 Å². The quantitative estimate of drug-likeness (QED) is 0.210. The lowest BCUT2D eigenvalue weighted by molar-refractivity contribution is -0.143. The normalized spacial score (nSPS) is 23.6. The van der Waals surface area contributed by atoms with Gasteiger partial charge in [0.05, 0.1) is 0 Å². The summed E-state index contributed by atoms with van der Waals surface area (Å²) in [6, 6.07) is 21.7. The van der Waals surface area contributed by atoms with E-state index >= 15 is 0 Å². The minimum atomic E-state index is -1.05. The number of amides is 5. The van der Waals surface area contributed by atoms with Gasteiger partial charge >= 0.3 is 0 Å². The smallest absolute Gasteiger partial charge is 0.246 e. The van der Waals surface area contributed by atoms with Crippen molar-refractivity contribution >= 4 is 40.4 Å². The summed E-state index contributed by atoms with van der Waals surface area (Å²) in [6.07, 6.45) is 2.48. The number of para-hydroxylation sites is 1. The van der Waals surface area contributed by atoms with Crippen molar-refractivity contribution < 1.29 is 24.0 Å². The van der Waals surface area contributed by atoms with E-state index in [-0.39, 0.29) is 38.1 Å². The number of aromatic nitrogens is 1. The molecule has 3 heterocycles. The minimum absolute atomic E-state index is 0.0893. The molecule has 2 saturated heterocycles. The molecule has 0 spiro atoms. The van der Waals surface area contributed by atoms with E-state index in [1.165, 1.54) is 11.8 Å². The molecule has 5 N–H and O–H groups in total. The zero-order valence-electron chi connectivity index (χ0n) is 26.1. The molecule has 2 aliphatic rings. The van der Waals surface area contributed by atoms with Gasteiger partial charge in [-0.1, -0.05) is 78.9 Å². The van der Waals surface area contributed by atoms with Crippen LogP contribution in [0.2, 0.25) is 0 Å². The molecular weight excluding hydrogens is 596 g/mol. The number of H-pyrrole nitrogens is 1. The first-order valence-corrected chi connectivity index (χ1v) is 15.9. The topological polar surface area (TPSA) is 152 Å². The fourth-order valence-electron chi connectivity index (χ4n) is 6.57. The molecule has 5 amide bonds. The van der Waals surface area contributed by atoms with Crippen molar-refractivity contribution in [1.82, 2.24) is 31.2 Å². The number of rotatable bonds is 7. The second kappa shape index (κ2) is 13.9. The van der Waals surface area contributed by atoms with Crippen LogP contribution >= 0.6 is 0 Å². The summed E-state index contributed by atoms with van der Waals surface area (Å²) < 4.78 is 0. The molecule has 47 heavy (non-hydrogen) atoms. The number of hydrogen-bond acceptors (Lipinski definition) is 5. The van der Waals surface area contributed by atoms with Gasteiger partial charge in [0.1, 0.15) is 24.2 Å². The fourth-order valence-corrected chi connectivity index (χ4v) is 6.57. The third-order valence-electron chi connectivity index (χ3n) is 8.84. The van der Waals surface area contributed by atoms with Gasteiger partial charge in [0.25, 0.3) is 0 Å². The van der Waals surface area contributed by atoms with E-state index in [4.69, 9.17) is 0 Å². The Kier molecular flexibility index (Phi) is 9.32. The number of aromatic amines is 1. The zero-order valence-corrected chi connectivity index (χ0v) is 26.1. The van der Waals surface area contributed by atoms with Crippen LogP contribution in [0.15, 0.2) is 91.1 Å². The summed E-state index contributed by atoms with van der Waals surface area (Å²) in [6.45, 7) is 1.47. The molecule has 2 fully saturated rings. The molecular formula is C36H38N6O5. The van der Waals surface area contributed by atoms with Crippen LogP contribution in [0.1, 0.15) is 30.0 Å². The average Bonchev–Trinajstić information content (AvgIpc) is 3.68. The van der Waals surface area contributed by atoms with Gasteiger partial charge in [0.2, 0.25) is 29.5 Å². The molecule has 3 aromatic carbocycles. The van der Waals surface area contributed by atoms with Gasteiger partial charge in [0.15, 0.2) is 0 Å². The highest BCUT2D eigenvalue weighted by Gasteiger charge is 2.44. The van der Waals surface area contributed by atoms with Crippen molar-refractivity contribution in [2.24, 2.45) is 0 Å². The Morgan fingerprint density at radius 2 is 1.28 bits per heavy atom. The number of carbonyl (C=O) groups excluding carboxylic acids is 5. The Hall–Kier alpha value is -5.45. The molecule has 242 valence electrons. The van der Waals surface area contributed by atoms with Crippen LogP contribution in [0.5, 0.6) is 0 Å². The Bertz CT molecular complexity index is 1770. The SMILES string of the molecule is CC(=O)N[C@@H]1C[C@@H]2C(=O)N[C@@H](Cc3ccccc3)C(=O)N[C@H](Cc3c[nH]c4ccccc34)C(=O)N[C@@H](Cc3ccccc3)C(=O)N2C1. The Labute approximate surface area is 272 Å². The first-order chi connectivity index (χ1) is 22.7. The van der Waals surface area contributed by atoms with Gasteiger partial charge in [-0.15, -0.1) is 0 Å². The molecule has 6 rings (SSSR count). The third-order valence-corrected chi connectivity index (χ3v) is 8.84. The molecule has 0 saturated carbocycles. The minimum Gasteiger partial charge on any atom is -0.361 e. The molecule has 4 aromatic rings. The van der Waals surface area contributed by atoms with E-state index in [1.807, 2.05) is 91.1 Å². The predicted molar refractivity (Wildman–Crippen MR) is 176 cm³/mol. The van der Waals surface area contributed by atoms with Gasteiger partial charge < -0.3 is 31.2 Å². The molecule has 0 radical (unpaired) electrons. The predicted octanol–water partition coefficient (Wildman–Crippen LogP) is 1.77. The van der Waals surface area contributed by atoms with Gasteiger partial charge in [-0.25, -0.2) is 0 Å². The van der Waals surface area contributed by atoms with Crippen molar-refractivity contribution in [3.8, 4) is 0 Å². The van der Waals surface area contributed by atoms with Crippen molar-refractivity contribution in [2.75, 3.05) is 6.54 Å². The van der Waals surface area contributed by atoms with Crippen LogP contribution in [0.3, 0.4) is 0 Å². The van der Waals surface area contributed by atoms with E-state index in [1.54, 1.807) is 0 Å². The number of nitrogens with zero attached hydrogens (tertiary/aromatic N) is 1. The highest BCUT2D eigenvalue weighted by atomic mass is 16.2. The van der Waals surface area contributed by atoms with Crippen LogP contribution in [-0.4, -0.2) is 76.2 Å². The maximum Gasteiger partial charge on any atom is 0.246 e. The lowest BCUT2D eigenvalue weighted by atomic mass is 9.99. The van der Waals surface area contributed by atoms with E-state index in [0.717, 1.165) is 27.6 Å². The van der Waals surface area contributed by atoms with E-state index in [2.05, 4.69) is 26.3 Å². The van der Waals surface area contributed by atoms with Gasteiger partial charge in [-0.2, -0.15) is 0 Å². The number of nitrogens with one attached hydrogen (secondary N) is 5. The monoisotopic (exact) mass is 634 g/mol. The van der Waals surface area contributed by atoms with Crippen molar-refractivity contribution in [3.05, 3.63) is 108 Å². The van der Waals surface area contributed by atoms with E-state index in [9.17, 15) is 24.0 Å². The molecule has 0 unspecified atom stereocenters. The standard InChI is InChI=1S/C36H38N6O5/c1-22(43)38-26-19-32-35(46)40-29(16-23-10-4-2-5-11-23)33(44)39-30(18-25-20-37-28-15-9-8-14-27(25)28)34(45)41-31(36(47)42(32)21-26)17-24-12-6-3-7-13-24/h2-15,20,26,29-32,37H,16-19,21H2,1H3,(H,38,43)(H,39,44)(H,40,46)(H,41,45)/t26-,29+,30-,31+,32-/m1/s1. The summed E-state index contributed by atoms with van der Waals surface area (Å²) in [5, 5.41) is 12.5. The number of hydrogen-bond donors (Lipinski definition) is 5. The van der Waals surface area contributed by atoms with Crippen LogP contribution in [0, 0.1) is 0 Å². The maximum absolute atomic E-state index is 14.3. The van der Waals surface area contributed by atoms with Crippen molar-refractivity contribution in [1.29, 1.82) is 0 Å². The highest BCUT2D eigenvalue weighted by Crippen LogP contribution is 2.23. The molecule has 0 bridgehead atoms. The lowest BCUT2D eigenvalue weighted by Gasteiger charge is -2.32. The Morgan fingerprint density at radius 1 is 0.723 bits per heavy atom. The Balaban J connectivity index is 1.38. The molecule has 2 aliphatic heterocycles. The van der Waals surface area contributed by atoms with E-state index < -0.39 is 53.8 Å². The van der Waals surface area contributed by atoms with Crippen LogP contribution in [0.25, 0.3) is 10.9 Å². The van der Waals surface area contributed by atoms with Gasteiger partial charge in [0, 0.05) is 55.9 Å². The highest BCUT2D eigenvalue weighted by molar-refractivity contribution is 5.98. The molecule has 11 nitrogen and oxygen atoms in total. The second-order valence-corrected chi connectivity index (χ2v) is 12.3. The number of fused-ring (bicyclic) bond motifs is 2. The second-order valence-electron chi connectivity index (χ2n) is 12.3. The summed E-state index contributed by atoms with van der Waals surface area (Å²) in [4.78, 5) is 73.1. The maximum atomic E-state index is 14.3. The van der Waals surface area contributed by atoms with Crippen LogP contribution < -0.4 is 21.3 Å². The number of benzene rings is 3. The van der Waals surface area contributed by atoms with Crippen molar-refractivity contribution in [2.45, 2.75) is 62.8 Å². The van der Waals surface area contributed by atoms with Gasteiger partial charge in [-0.05, 0) is 29.2 Å². The first kappa shape index (κ1) is 31.5. The third kappa shape index (κ3) is 7.35.